The molecule has 0 unspecified atom stereocenters. The Morgan fingerprint density at radius 3 is 2.50 bits per heavy atom. The Bertz CT molecular complexity index is 971. The van der Waals surface area contributed by atoms with Crippen LogP contribution >= 0.6 is 11.6 Å². The number of carbonyl (C=O) groups excluding carboxylic acids is 1. The monoisotopic (exact) mass is 456 g/mol. The van der Waals surface area contributed by atoms with Crippen LogP contribution in [0.15, 0.2) is 18.2 Å². The van der Waals surface area contributed by atoms with Crippen LogP contribution in [0.3, 0.4) is 0 Å². The quantitative estimate of drug-likeness (QED) is 0.594. The number of hydrogen-bond donors (Lipinski definition) is 3. The maximum Gasteiger partial charge on any atom is 0.319 e. The number of rotatable bonds is 5. The second kappa shape index (κ2) is 9.94. The molecule has 1 aromatic heterocycles. The maximum absolute atomic E-state index is 12.4. The number of halogens is 1. The zero-order valence-electron chi connectivity index (χ0n) is 19.2. The molecule has 1 heterocycles. The lowest BCUT2D eigenvalue weighted by molar-refractivity contribution is 0.243. The summed E-state index contributed by atoms with van der Waals surface area (Å²) in [4.78, 5) is 24.1. The summed E-state index contributed by atoms with van der Waals surface area (Å²) in [7, 11) is 4.10. The molecular formula is C24H33ClN6O. The summed E-state index contributed by atoms with van der Waals surface area (Å²) in [6, 6.07) is 5.84. The van der Waals surface area contributed by atoms with E-state index in [2.05, 4.69) is 20.9 Å². The molecule has 2 aliphatic rings. The Morgan fingerprint density at radius 2 is 1.78 bits per heavy atom. The third-order valence-electron chi connectivity index (χ3n) is 6.41. The highest BCUT2D eigenvalue weighted by Crippen LogP contribution is 2.29. The number of aromatic nitrogens is 2. The number of aryl methyl sites for hydroxylation is 2. The van der Waals surface area contributed by atoms with E-state index in [0.29, 0.717) is 16.8 Å². The van der Waals surface area contributed by atoms with E-state index < -0.39 is 0 Å². The molecule has 7 nitrogen and oxygen atoms in total. The number of amides is 2. The number of benzene rings is 1. The van der Waals surface area contributed by atoms with Gasteiger partial charge in [-0.3, -0.25) is 0 Å². The molecule has 172 valence electrons. The van der Waals surface area contributed by atoms with Gasteiger partial charge in [0.05, 0.1) is 5.69 Å². The van der Waals surface area contributed by atoms with Gasteiger partial charge in [0.1, 0.15) is 5.82 Å². The second-order valence-electron chi connectivity index (χ2n) is 9.15. The molecule has 1 fully saturated rings. The second-order valence-corrected chi connectivity index (χ2v) is 9.56. The fraction of sp³-hybridized carbons (Fsp3) is 0.542. The summed E-state index contributed by atoms with van der Waals surface area (Å²) in [5, 5.41) is 10.2. The number of hydrogen-bond acceptors (Lipinski definition) is 5. The molecule has 0 saturated heterocycles. The number of urea groups is 1. The molecule has 2 amide bonds. The number of nitrogens with zero attached hydrogens (tertiary/aromatic N) is 3. The summed E-state index contributed by atoms with van der Waals surface area (Å²) >= 11 is 6.15. The Hall–Kier alpha value is -2.54. The third-order valence-corrected chi connectivity index (χ3v) is 6.82. The summed E-state index contributed by atoms with van der Waals surface area (Å²) in [6.45, 7) is 1.94. The average molecular weight is 457 g/mol. The lowest BCUT2D eigenvalue weighted by Crippen LogP contribution is -2.42. The summed E-state index contributed by atoms with van der Waals surface area (Å²) < 4.78 is 0. The average Bonchev–Trinajstić information content (AvgIpc) is 2.77. The topological polar surface area (TPSA) is 82.2 Å². The van der Waals surface area contributed by atoms with Crippen molar-refractivity contribution in [2.24, 2.45) is 0 Å². The predicted molar refractivity (Wildman–Crippen MR) is 131 cm³/mol. The van der Waals surface area contributed by atoms with Gasteiger partial charge in [0.25, 0.3) is 0 Å². The van der Waals surface area contributed by atoms with Gasteiger partial charge in [0.2, 0.25) is 5.95 Å². The van der Waals surface area contributed by atoms with Crippen LogP contribution in [0, 0.1) is 6.92 Å². The van der Waals surface area contributed by atoms with Crippen molar-refractivity contribution in [3.63, 3.8) is 0 Å². The van der Waals surface area contributed by atoms with Gasteiger partial charge in [-0.25, -0.2) is 9.78 Å². The lowest BCUT2D eigenvalue weighted by Gasteiger charge is -2.30. The van der Waals surface area contributed by atoms with Crippen molar-refractivity contribution in [1.82, 2.24) is 15.3 Å². The van der Waals surface area contributed by atoms with E-state index in [1.54, 1.807) is 6.07 Å². The van der Waals surface area contributed by atoms with Crippen molar-refractivity contribution in [3.05, 3.63) is 40.0 Å². The van der Waals surface area contributed by atoms with E-state index in [9.17, 15) is 4.79 Å². The SMILES string of the molecule is Cc1ccc(NC(=O)NC2CCC(Nc3nc4c(c(N(C)C)n3)CCCC4)CC2)cc1Cl. The highest BCUT2D eigenvalue weighted by Gasteiger charge is 2.25. The standard InChI is InChI=1S/C24H33ClN6O/c1-15-8-9-18(14-20(15)25)28-24(32)27-17-12-10-16(11-13-17)26-23-29-21-7-5-4-6-19(21)22(30-23)31(2)3/h8-9,14,16-17H,4-7,10-13H2,1-3H3,(H,26,29,30)(H2,27,28,32). The Morgan fingerprint density at radius 1 is 1.06 bits per heavy atom. The van der Waals surface area contributed by atoms with Crippen LogP contribution in [0.2, 0.25) is 5.02 Å². The number of carbonyl (C=O) groups is 1. The summed E-state index contributed by atoms with van der Waals surface area (Å²) in [6.07, 6.45) is 8.30. The molecule has 0 spiro atoms. The lowest BCUT2D eigenvalue weighted by atomic mass is 9.91. The van der Waals surface area contributed by atoms with Gasteiger partial charge in [-0.05, 0) is 76.0 Å². The van der Waals surface area contributed by atoms with Gasteiger partial charge < -0.3 is 20.9 Å². The van der Waals surface area contributed by atoms with Crippen LogP contribution in [0.1, 0.15) is 55.3 Å². The van der Waals surface area contributed by atoms with E-state index in [1.165, 1.54) is 24.1 Å². The largest absolute Gasteiger partial charge is 0.362 e. The molecule has 0 bridgehead atoms. The summed E-state index contributed by atoms with van der Waals surface area (Å²) in [5.41, 5.74) is 4.19. The first-order valence-corrected chi connectivity index (χ1v) is 11.9. The van der Waals surface area contributed by atoms with E-state index in [1.807, 2.05) is 33.2 Å². The van der Waals surface area contributed by atoms with Crippen molar-refractivity contribution in [2.75, 3.05) is 29.6 Å². The minimum Gasteiger partial charge on any atom is -0.362 e. The molecular weight excluding hydrogens is 424 g/mol. The molecule has 2 aliphatic carbocycles. The van der Waals surface area contributed by atoms with Crippen LogP contribution in [-0.4, -0.2) is 42.2 Å². The minimum atomic E-state index is -0.185. The third kappa shape index (κ3) is 5.44. The first kappa shape index (κ1) is 22.6. The van der Waals surface area contributed by atoms with Crippen LogP contribution < -0.4 is 20.9 Å². The van der Waals surface area contributed by atoms with Gasteiger partial charge in [0, 0.05) is 42.5 Å². The molecule has 32 heavy (non-hydrogen) atoms. The van der Waals surface area contributed by atoms with E-state index in [0.717, 1.165) is 55.9 Å². The van der Waals surface area contributed by atoms with Gasteiger partial charge in [-0.2, -0.15) is 4.98 Å². The van der Waals surface area contributed by atoms with Crippen LogP contribution in [-0.2, 0) is 12.8 Å². The first-order valence-electron chi connectivity index (χ1n) is 11.6. The number of nitrogens with one attached hydrogen (secondary N) is 3. The molecule has 1 aromatic carbocycles. The molecule has 0 aliphatic heterocycles. The van der Waals surface area contributed by atoms with Crippen molar-refractivity contribution in [1.29, 1.82) is 0 Å². The fourth-order valence-corrected chi connectivity index (χ4v) is 4.78. The normalized spacial score (nSPS) is 20.2. The predicted octanol–water partition coefficient (Wildman–Crippen LogP) is 4.93. The Kier molecular flexibility index (Phi) is 7.04. The van der Waals surface area contributed by atoms with Gasteiger partial charge in [-0.15, -0.1) is 0 Å². The maximum atomic E-state index is 12.4. The van der Waals surface area contributed by atoms with Crippen molar-refractivity contribution in [2.45, 2.75) is 70.4 Å². The van der Waals surface area contributed by atoms with Crippen LogP contribution in [0.4, 0.5) is 22.2 Å². The molecule has 4 rings (SSSR count). The Labute approximate surface area is 195 Å². The zero-order valence-corrected chi connectivity index (χ0v) is 19.9. The first-order chi connectivity index (χ1) is 15.4. The smallest absolute Gasteiger partial charge is 0.319 e. The van der Waals surface area contributed by atoms with E-state index >= 15 is 0 Å². The highest BCUT2D eigenvalue weighted by atomic mass is 35.5. The molecule has 1 saturated carbocycles. The van der Waals surface area contributed by atoms with Crippen molar-refractivity contribution in [3.8, 4) is 0 Å². The molecule has 2 aromatic rings. The number of fused-ring (bicyclic) bond motifs is 1. The van der Waals surface area contributed by atoms with Gasteiger partial charge in [-0.1, -0.05) is 17.7 Å². The van der Waals surface area contributed by atoms with Gasteiger partial charge >= 0.3 is 6.03 Å². The molecule has 0 radical (unpaired) electrons. The highest BCUT2D eigenvalue weighted by molar-refractivity contribution is 6.31. The molecule has 3 N–H and O–H groups in total. The van der Waals surface area contributed by atoms with E-state index in [-0.39, 0.29) is 12.1 Å². The van der Waals surface area contributed by atoms with Crippen LogP contribution in [0.5, 0.6) is 0 Å². The zero-order chi connectivity index (χ0) is 22.7. The fourth-order valence-electron chi connectivity index (χ4n) is 4.60. The van der Waals surface area contributed by atoms with Crippen LogP contribution in [0.25, 0.3) is 0 Å². The summed E-state index contributed by atoms with van der Waals surface area (Å²) in [5.74, 6) is 1.78. The van der Waals surface area contributed by atoms with Crippen molar-refractivity contribution < 1.29 is 4.79 Å². The minimum absolute atomic E-state index is 0.163. The van der Waals surface area contributed by atoms with E-state index in [4.69, 9.17) is 21.6 Å². The van der Waals surface area contributed by atoms with Crippen molar-refractivity contribution >= 4 is 35.1 Å². The molecule has 8 heteroatoms. The Balaban J connectivity index is 1.30. The van der Waals surface area contributed by atoms with Gasteiger partial charge in [0.15, 0.2) is 0 Å². The molecule has 0 atom stereocenters. The number of anilines is 3.